The molecule has 0 fully saturated rings. The van der Waals surface area contributed by atoms with Crippen LogP contribution >= 0.6 is 15.9 Å². The Bertz CT molecular complexity index is 1820. The second-order valence-electron chi connectivity index (χ2n) is 11.3. The van der Waals surface area contributed by atoms with Crippen LogP contribution in [-0.2, 0) is 29.0 Å². The molecule has 228 valence electrons. The Morgan fingerprint density at radius 1 is 0.955 bits per heavy atom. The average molecular weight is 665 g/mol. The van der Waals surface area contributed by atoms with Gasteiger partial charge in [-0.05, 0) is 80.4 Å². The molecule has 5 rings (SSSR count). The number of hydrogen-bond acceptors (Lipinski definition) is 6. The normalized spacial score (nSPS) is 11.6. The number of nitrogens with zero attached hydrogens (tertiary/aromatic N) is 3. The fourth-order valence-corrected chi connectivity index (χ4v) is 5.17. The number of pyridine rings is 1. The van der Waals surface area contributed by atoms with E-state index in [2.05, 4.69) is 25.9 Å². The first-order chi connectivity index (χ1) is 21.0. The quantitative estimate of drug-likeness (QED) is 0.141. The molecule has 2 heterocycles. The minimum absolute atomic E-state index is 0.0203. The van der Waals surface area contributed by atoms with Crippen LogP contribution in [0.3, 0.4) is 0 Å². The van der Waals surface area contributed by atoms with Crippen LogP contribution in [0.15, 0.2) is 77.3 Å². The molecular formula is C34H32BrF2N3O4. The van der Waals surface area contributed by atoms with Gasteiger partial charge in [-0.15, -0.1) is 0 Å². The van der Waals surface area contributed by atoms with E-state index in [9.17, 15) is 4.79 Å². The zero-order valence-corrected chi connectivity index (χ0v) is 26.5. The van der Waals surface area contributed by atoms with Crippen LogP contribution in [0.1, 0.15) is 48.1 Å². The van der Waals surface area contributed by atoms with Gasteiger partial charge in [-0.3, -0.25) is 0 Å². The van der Waals surface area contributed by atoms with E-state index in [1.54, 1.807) is 64.3 Å². The minimum atomic E-state index is -0.648. The molecule has 0 spiro atoms. The van der Waals surface area contributed by atoms with Gasteiger partial charge in [-0.1, -0.05) is 34.1 Å². The van der Waals surface area contributed by atoms with E-state index in [1.807, 2.05) is 28.8 Å². The maximum Gasteiger partial charge on any atom is 0.338 e. The lowest BCUT2D eigenvalue weighted by atomic mass is 10.0. The number of hydrogen-bond donors (Lipinski definition) is 0. The van der Waals surface area contributed by atoms with Gasteiger partial charge in [0.2, 0.25) is 5.88 Å². The van der Waals surface area contributed by atoms with Crippen LogP contribution in [0.4, 0.5) is 8.78 Å². The van der Waals surface area contributed by atoms with Gasteiger partial charge in [0, 0.05) is 36.2 Å². The third-order valence-corrected chi connectivity index (χ3v) is 7.23. The Morgan fingerprint density at radius 3 is 2.50 bits per heavy atom. The third-order valence-electron chi connectivity index (χ3n) is 6.74. The lowest BCUT2D eigenvalue weighted by molar-refractivity contribution is 0.00696. The number of carbonyl (C=O) groups is 1. The van der Waals surface area contributed by atoms with Gasteiger partial charge in [0.15, 0.2) is 0 Å². The van der Waals surface area contributed by atoms with Crippen molar-refractivity contribution in [2.75, 3.05) is 13.7 Å². The standard InChI is InChI=1S/C34H32BrF2N3O4/c1-34(2,3)44-33(41)22-11-12-29-30(17-22)40(13-14-42-4)31(38-29)18-23-16-27(37)25(19-26(23)36)28-9-6-10-32(39-28)43-20-21-7-5-8-24(35)15-21/h5-12,15-17,19H,13-14,18,20H2,1-4H3. The summed E-state index contributed by atoms with van der Waals surface area (Å²) in [6.45, 7) is 6.43. The number of ether oxygens (including phenoxy) is 3. The largest absolute Gasteiger partial charge is 0.473 e. The van der Waals surface area contributed by atoms with Crippen molar-refractivity contribution < 1.29 is 27.8 Å². The monoisotopic (exact) mass is 663 g/mol. The highest BCUT2D eigenvalue weighted by molar-refractivity contribution is 9.10. The number of benzene rings is 3. The molecule has 0 atom stereocenters. The average Bonchev–Trinajstić information content (AvgIpc) is 3.32. The van der Waals surface area contributed by atoms with Crippen molar-refractivity contribution in [3.63, 3.8) is 0 Å². The molecular weight excluding hydrogens is 632 g/mol. The fraction of sp³-hybridized carbons (Fsp3) is 0.265. The molecule has 0 aliphatic rings. The third kappa shape index (κ3) is 7.49. The first kappa shape index (κ1) is 31.3. The molecule has 7 nitrogen and oxygen atoms in total. The zero-order chi connectivity index (χ0) is 31.4. The Balaban J connectivity index is 1.41. The Hall–Kier alpha value is -4.15. The molecule has 0 aliphatic heterocycles. The molecule has 44 heavy (non-hydrogen) atoms. The van der Waals surface area contributed by atoms with E-state index in [0.29, 0.717) is 41.5 Å². The molecule has 10 heteroatoms. The molecule has 0 aliphatic carbocycles. The predicted molar refractivity (Wildman–Crippen MR) is 168 cm³/mol. The smallest absolute Gasteiger partial charge is 0.338 e. The molecule has 0 unspecified atom stereocenters. The maximum absolute atomic E-state index is 15.5. The van der Waals surface area contributed by atoms with Gasteiger partial charge in [0.05, 0.1) is 28.9 Å². The van der Waals surface area contributed by atoms with Crippen molar-refractivity contribution in [3.8, 4) is 17.1 Å². The minimum Gasteiger partial charge on any atom is -0.473 e. The predicted octanol–water partition coefficient (Wildman–Crippen LogP) is 7.91. The van der Waals surface area contributed by atoms with Crippen molar-refractivity contribution in [1.29, 1.82) is 0 Å². The van der Waals surface area contributed by atoms with Gasteiger partial charge in [-0.25, -0.2) is 23.5 Å². The highest BCUT2D eigenvalue weighted by Crippen LogP contribution is 2.28. The Kier molecular flexibility index (Phi) is 9.41. The van der Waals surface area contributed by atoms with Crippen LogP contribution in [0.5, 0.6) is 5.88 Å². The summed E-state index contributed by atoms with van der Waals surface area (Å²) in [5.41, 5.74) is 2.35. The van der Waals surface area contributed by atoms with E-state index in [0.717, 1.165) is 16.1 Å². The first-order valence-corrected chi connectivity index (χ1v) is 14.8. The topological polar surface area (TPSA) is 75.5 Å². The summed E-state index contributed by atoms with van der Waals surface area (Å²) >= 11 is 3.44. The summed E-state index contributed by atoms with van der Waals surface area (Å²) in [5, 5.41) is 0. The molecule has 0 radical (unpaired) electrons. The van der Waals surface area contributed by atoms with Crippen molar-refractivity contribution in [1.82, 2.24) is 14.5 Å². The number of imidazole rings is 1. The molecule has 0 N–H and O–H groups in total. The van der Waals surface area contributed by atoms with Gasteiger partial charge in [0.1, 0.15) is 29.7 Å². The van der Waals surface area contributed by atoms with Crippen LogP contribution in [0.2, 0.25) is 0 Å². The highest BCUT2D eigenvalue weighted by Gasteiger charge is 2.21. The van der Waals surface area contributed by atoms with Gasteiger partial charge >= 0.3 is 5.97 Å². The fourth-order valence-electron chi connectivity index (χ4n) is 4.72. The summed E-state index contributed by atoms with van der Waals surface area (Å²) in [6.07, 6.45) is 0.0203. The number of methoxy groups -OCH3 is 1. The molecule has 3 aromatic carbocycles. The number of halogens is 3. The van der Waals surface area contributed by atoms with E-state index in [1.165, 1.54) is 6.07 Å². The molecule has 2 aromatic heterocycles. The lowest BCUT2D eigenvalue weighted by Crippen LogP contribution is -2.23. The van der Waals surface area contributed by atoms with E-state index >= 15 is 8.78 Å². The number of aromatic nitrogens is 3. The van der Waals surface area contributed by atoms with Crippen molar-refractivity contribution in [2.24, 2.45) is 0 Å². The van der Waals surface area contributed by atoms with Gasteiger partial charge in [0.25, 0.3) is 0 Å². The van der Waals surface area contributed by atoms with Crippen LogP contribution in [0.25, 0.3) is 22.3 Å². The number of esters is 1. The maximum atomic E-state index is 15.5. The first-order valence-electron chi connectivity index (χ1n) is 14.0. The molecule has 5 aromatic rings. The Morgan fingerprint density at radius 2 is 1.75 bits per heavy atom. The van der Waals surface area contributed by atoms with Crippen molar-refractivity contribution in [3.05, 3.63) is 111 Å². The summed E-state index contributed by atoms with van der Waals surface area (Å²) in [7, 11) is 1.58. The van der Waals surface area contributed by atoms with E-state index in [-0.39, 0.29) is 29.8 Å². The second-order valence-corrected chi connectivity index (χ2v) is 12.2. The lowest BCUT2D eigenvalue weighted by Gasteiger charge is -2.19. The highest BCUT2D eigenvalue weighted by atomic mass is 79.9. The van der Waals surface area contributed by atoms with Gasteiger partial charge in [-0.2, -0.15) is 0 Å². The van der Waals surface area contributed by atoms with Crippen LogP contribution in [-0.4, -0.2) is 39.8 Å². The van der Waals surface area contributed by atoms with Gasteiger partial charge < -0.3 is 18.8 Å². The molecule has 0 saturated heterocycles. The number of carbonyl (C=O) groups excluding carboxylic acids is 1. The molecule has 0 amide bonds. The van der Waals surface area contributed by atoms with Crippen molar-refractivity contribution in [2.45, 2.75) is 45.9 Å². The number of fused-ring (bicyclic) bond motifs is 1. The second kappa shape index (κ2) is 13.2. The van der Waals surface area contributed by atoms with E-state index in [4.69, 9.17) is 14.2 Å². The summed E-state index contributed by atoms with van der Waals surface area (Å²) < 4.78 is 50.4. The summed E-state index contributed by atoms with van der Waals surface area (Å²) in [4.78, 5) is 21.8. The zero-order valence-electron chi connectivity index (χ0n) is 24.9. The van der Waals surface area contributed by atoms with Crippen molar-refractivity contribution >= 4 is 32.9 Å². The van der Waals surface area contributed by atoms with E-state index < -0.39 is 23.2 Å². The summed E-state index contributed by atoms with van der Waals surface area (Å²) in [6, 6.07) is 20.0. The summed E-state index contributed by atoms with van der Waals surface area (Å²) in [5.74, 6) is -0.872. The Labute approximate surface area is 262 Å². The SMILES string of the molecule is COCCn1c(Cc2cc(F)c(-c3cccc(OCc4cccc(Br)c4)n3)cc2F)nc2ccc(C(=O)OC(C)(C)C)cc21. The van der Waals surface area contributed by atoms with Crippen LogP contribution < -0.4 is 4.74 Å². The molecule has 0 saturated carbocycles. The van der Waals surface area contributed by atoms with Crippen LogP contribution in [0, 0.1) is 11.6 Å². The number of rotatable bonds is 10. The molecule has 0 bridgehead atoms.